The molecule has 0 spiro atoms. The maximum atomic E-state index is 4.84. The van der Waals surface area contributed by atoms with E-state index in [1.54, 1.807) is 0 Å². The van der Waals surface area contributed by atoms with E-state index in [4.69, 9.17) is 4.98 Å². The number of nitrogens with zero attached hydrogens (tertiary/aromatic N) is 2. The zero-order chi connectivity index (χ0) is 14.5. The highest BCUT2D eigenvalue weighted by molar-refractivity contribution is 5.41. The highest BCUT2D eigenvalue weighted by Crippen LogP contribution is 2.26. The summed E-state index contributed by atoms with van der Waals surface area (Å²) < 4.78 is 0. The number of pyridine rings is 1. The van der Waals surface area contributed by atoms with Gasteiger partial charge >= 0.3 is 0 Å². The van der Waals surface area contributed by atoms with Gasteiger partial charge in [0.25, 0.3) is 0 Å². The molecule has 2 heterocycles. The topological polar surface area (TPSA) is 28.2 Å². The quantitative estimate of drug-likeness (QED) is 0.892. The van der Waals surface area contributed by atoms with Crippen LogP contribution in [0.25, 0.3) is 0 Å². The highest BCUT2D eigenvalue weighted by atomic mass is 15.2. The molecule has 3 nitrogen and oxygen atoms in total. The lowest BCUT2D eigenvalue weighted by Gasteiger charge is -2.37. The molecule has 112 valence electrons. The molecule has 0 saturated carbocycles. The zero-order valence-electron chi connectivity index (χ0n) is 13.4. The summed E-state index contributed by atoms with van der Waals surface area (Å²) in [4.78, 5) is 7.31. The Bertz CT molecular complexity index is 416. The molecule has 1 aliphatic rings. The number of piperidine rings is 1. The smallest absolute Gasteiger partial charge is 0.129 e. The Morgan fingerprint density at radius 1 is 1.30 bits per heavy atom. The summed E-state index contributed by atoms with van der Waals surface area (Å²) >= 11 is 0. The van der Waals surface area contributed by atoms with Crippen molar-refractivity contribution in [1.82, 2.24) is 10.3 Å². The Kier molecular flexibility index (Phi) is 5.41. The van der Waals surface area contributed by atoms with Crippen LogP contribution in [0, 0.1) is 11.8 Å². The molecule has 2 atom stereocenters. The average molecular weight is 275 g/mol. The number of anilines is 1. The van der Waals surface area contributed by atoms with Gasteiger partial charge in [0.15, 0.2) is 0 Å². The molecule has 0 aliphatic carbocycles. The third-order valence-electron chi connectivity index (χ3n) is 4.06. The first-order valence-electron chi connectivity index (χ1n) is 7.99. The van der Waals surface area contributed by atoms with Gasteiger partial charge in [-0.3, -0.25) is 0 Å². The van der Waals surface area contributed by atoms with Crippen molar-refractivity contribution >= 4 is 5.82 Å². The Labute approximate surface area is 123 Å². The van der Waals surface area contributed by atoms with Crippen molar-refractivity contribution in [3.63, 3.8) is 0 Å². The highest BCUT2D eigenvalue weighted by Gasteiger charge is 2.23. The SMILES string of the molecule is CC(C)CNCc1cccc(N2CC(C)CCC2C)n1. The number of nitrogens with one attached hydrogen (secondary N) is 1. The summed E-state index contributed by atoms with van der Waals surface area (Å²) in [5.41, 5.74) is 1.15. The summed E-state index contributed by atoms with van der Waals surface area (Å²) in [6.45, 7) is 12.2. The number of hydrogen-bond acceptors (Lipinski definition) is 3. The number of rotatable bonds is 5. The largest absolute Gasteiger partial charge is 0.354 e. The van der Waals surface area contributed by atoms with E-state index in [2.05, 4.69) is 56.1 Å². The molecule has 0 radical (unpaired) electrons. The lowest BCUT2D eigenvalue weighted by Crippen LogP contribution is -2.41. The predicted molar refractivity (Wildman–Crippen MR) is 86.0 cm³/mol. The van der Waals surface area contributed by atoms with E-state index >= 15 is 0 Å². The van der Waals surface area contributed by atoms with Crippen LogP contribution >= 0.6 is 0 Å². The van der Waals surface area contributed by atoms with Gasteiger partial charge in [-0.25, -0.2) is 4.98 Å². The molecule has 1 fully saturated rings. The van der Waals surface area contributed by atoms with E-state index in [1.807, 2.05) is 0 Å². The van der Waals surface area contributed by atoms with Crippen molar-refractivity contribution < 1.29 is 0 Å². The zero-order valence-corrected chi connectivity index (χ0v) is 13.4. The molecule has 1 saturated heterocycles. The lowest BCUT2D eigenvalue weighted by atomic mass is 9.95. The van der Waals surface area contributed by atoms with Crippen LogP contribution in [0.1, 0.15) is 46.2 Å². The van der Waals surface area contributed by atoms with Gasteiger partial charge in [-0.2, -0.15) is 0 Å². The summed E-state index contributed by atoms with van der Waals surface area (Å²) in [6, 6.07) is 7.02. The van der Waals surface area contributed by atoms with Crippen molar-refractivity contribution in [2.24, 2.45) is 11.8 Å². The molecule has 2 unspecified atom stereocenters. The van der Waals surface area contributed by atoms with E-state index in [0.29, 0.717) is 12.0 Å². The minimum Gasteiger partial charge on any atom is -0.354 e. The molecule has 0 amide bonds. The molecule has 1 aliphatic heterocycles. The minimum absolute atomic E-state index is 0.609. The van der Waals surface area contributed by atoms with Gasteiger partial charge in [0.1, 0.15) is 5.82 Å². The number of aromatic nitrogens is 1. The molecule has 2 rings (SSSR count). The lowest BCUT2D eigenvalue weighted by molar-refractivity contribution is 0.388. The Morgan fingerprint density at radius 2 is 2.10 bits per heavy atom. The summed E-state index contributed by atoms with van der Waals surface area (Å²) in [6.07, 6.45) is 2.62. The Balaban J connectivity index is 2.01. The minimum atomic E-state index is 0.609. The summed E-state index contributed by atoms with van der Waals surface area (Å²) in [5, 5.41) is 3.47. The second-order valence-corrected chi connectivity index (χ2v) is 6.70. The van der Waals surface area contributed by atoms with Crippen LogP contribution in [-0.4, -0.2) is 24.1 Å². The average Bonchev–Trinajstić information content (AvgIpc) is 2.41. The first-order chi connectivity index (χ1) is 9.56. The monoisotopic (exact) mass is 275 g/mol. The first kappa shape index (κ1) is 15.3. The van der Waals surface area contributed by atoms with Gasteiger partial charge < -0.3 is 10.2 Å². The first-order valence-corrected chi connectivity index (χ1v) is 7.99. The van der Waals surface area contributed by atoms with Crippen molar-refractivity contribution in [3.8, 4) is 0 Å². The van der Waals surface area contributed by atoms with Crippen LogP contribution in [-0.2, 0) is 6.54 Å². The van der Waals surface area contributed by atoms with Crippen LogP contribution in [0.5, 0.6) is 0 Å². The van der Waals surface area contributed by atoms with Crippen LogP contribution in [0.2, 0.25) is 0 Å². The number of hydrogen-bond donors (Lipinski definition) is 1. The van der Waals surface area contributed by atoms with Gasteiger partial charge in [-0.1, -0.05) is 26.8 Å². The maximum Gasteiger partial charge on any atom is 0.129 e. The van der Waals surface area contributed by atoms with E-state index in [1.165, 1.54) is 12.8 Å². The van der Waals surface area contributed by atoms with Crippen LogP contribution in [0.4, 0.5) is 5.82 Å². The second-order valence-electron chi connectivity index (χ2n) is 6.70. The normalized spacial score (nSPS) is 23.4. The fourth-order valence-electron chi connectivity index (χ4n) is 2.82. The van der Waals surface area contributed by atoms with E-state index in [-0.39, 0.29) is 0 Å². The molecule has 0 aromatic carbocycles. The Hall–Kier alpha value is -1.09. The fourth-order valence-corrected chi connectivity index (χ4v) is 2.82. The summed E-state index contributed by atoms with van der Waals surface area (Å²) in [5.74, 6) is 2.60. The second kappa shape index (κ2) is 7.07. The fraction of sp³-hybridized carbons (Fsp3) is 0.706. The molecule has 1 N–H and O–H groups in total. The molecule has 3 heteroatoms. The maximum absolute atomic E-state index is 4.84. The third kappa shape index (κ3) is 4.20. The van der Waals surface area contributed by atoms with Crippen molar-refractivity contribution in [2.45, 2.75) is 53.1 Å². The molecule has 1 aromatic heterocycles. The van der Waals surface area contributed by atoms with Crippen molar-refractivity contribution in [1.29, 1.82) is 0 Å². The van der Waals surface area contributed by atoms with Crippen LogP contribution in [0.3, 0.4) is 0 Å². The molecule has 20 heavy (non-hydrogen) atoms. The molecular formula is C17H29N3. The Morgan fingerprint density at radius 3 is 2.85 bits per heavy atom. The molecular weight excluding hydrogens is 246 g/mol. The van der Waals surface area contributed by atoms with Gasteiger partial charge in [0, 0.05) is 19.1 Å². The van der Waals surface area contributed by atoms with Crippen molar-refractivity contribution in [2.75, 3.05) is 18.0 Å². The standard InChI is InChI=1S/C17H29N3/c1-13(2)10-18-11-16-6-5-7-17(19-16)20-12-14(3)8-9-15(20)4/h5-7,13-15,18H,8-12H2,1-4H3. The van der Waals surface area contributed by atoms with Gasteiger partial charge in [0.2, 0.25) is 0 Å². The predicted octanol–water partition coefficient (Wildman–Crippen LogP) is 3.45. The van der Waals surface area contributed by atoms with Crippen LogP contribution < -0.4 is 10.2 Å². The molecule has 1 aromatic rings. The third-order valence-corrected chi connectivity index (χ3v) is 4.06. The van der Waals surface area contributed by atoms with Gasteiger partial charge in [-0.15, -0.1) is 0 Å². The van der Waals surface area contributed by atoms with Gasteiger partial charge in [0.05, 0.1) is 5.69 Å². The van der Waals surface area contributed by atoms with Crippen LogP contribution in [0.15, 0.2) is 18.2 Å². The molecule has 0 bridgehead atoms. The van der Waals surface area contributed by atoms with E-state index < -0.39 is 0 Å². The van der Waals surface area contributed by atoms with Gasteiger partial charge in [-0.05, 0) is 50.3 Å². The van der Waals surface area contributed by atoms with E-state index in [9.17, 15) is 0 Å². The van der Waals surface area contributed by atoms with Crippen molar-refractivity contribution in [3.05, 3.63) is 23.9 Å². The summed E-state index contributed by atoms with van der Waals surface area (Å²) in [7, 11) is 0. The van der Waals surface area contributed by atoms with E-state index in [0.717, 1.165) is 37.1 Å².